The van der Waals surface area contributed by atoms with E-state index in [9.17, 15) is 4.21 Å². The molecule has 0 aliphatic carbocycles. The minimum absolute atomic E-state index is 0. The Morgan fingerprint density at radius 1 is 1.57 bits per heavy atom. The maximum atomic E-state index is 10.1. The van der Waals surface area contributed by atoms with Gasteiger partial charge in [-0.05, 0) is 10.8 Å². The Bertz CT molecular complexity index is 114. The number of hydrogen-bond donors (Lipinski definition) is 0. The molecule has 0 saturated heterocycles. The largest absolute Gasteiger partial charge is 1.00 e. The zero-order chi connectivity index (χ0) is 4.41. The quantitative estimate of drug-likeness (QED) is 0.376. The maximum absolute atomic E-state index is 10.1. The van der Waals surface area contributed by atoms with Gasteiger partial charge in [-0.25, -0.2) is 12.2 Å². The Kier molecular flexibility index (Phi) is 3.26. The third-order valence-corrected chi connectivity index (χ3v) is 1.26. The minimum Gasteiger partial charge on any atom is -0.272 e. The molecule has 3 heteroatoms. The van der Waals surface area contributed by atoms with Crippen molar-refractivity contribution in [2.75, 3.05) is 0 Å². The third kappa shape index (κ3) is 2.07. The second-order valence-corrected chi connectivity index (χ2v) is 2.01. The van der Waals surface area contributed by atoms with Gasteiger partial charge < -0.3 is 0 Å². The summed E-state index contributed by atoms with van der Waals surface area (Å²) in [5.41, 5.74) is 0. The van der Waals surface area contributed by atoms with Crippen molar-refractivity contribution in [1.29, 1.82) is 0 Å². The van der Waals surface area contributed by atoms with Crippen LogP contribution in [0.5, 0.6) is 0 Å². The molecule has 0 fully saturated rings. The number of hydrogen-bond acceptors (Lipinski definition) is 1. The van der Waals surface area contributed by atoms with Gasteiger partial charge in [0.1, 0.15) is 0 Å². The fraction of sp³-hybridized carbons (Fsp3) is 0. The predicted molar refractivity (Wildman–Crippen MR) is 25.1 cm³/mol. The van der Waals surface area contributed by atoms with Crippen molar-refractivity contribution in [2.45, 2.75) is 0 Å². The molecular formula is C4H3CuOS. The van der Waals surface area contributed by atoms with E-state index in [1.54, 1.807) is 17.6 Å². The summed E-state index contributed by atoms with van der Waals surface area (Å²) < 4.78 is 10.1. The molecule has 1 rings (SSSR count). The Morgan fingerprint density at radius 3 is 2.43 bits per heavy atom. The van der Waals surface area contributed by atoms with Crippen molar-refractivity contribution < 1.29 is 21.3 Å². The minimum atomic E-state index is -0.909. The monoisotopic (exact) mass is 162 g/mol. The molecule has 1 aliphatic rings. The molecule has 42 valence electrons. The molecule has 0 radical (unpaired) electrons. The first kappa shape index (κ1) is 7.15. The zero-order valence-corrected chi connectivity index (χ0v) is 5.11. The molecule has 0 saturated carbocycles. The summed E-state index contributed by atoms with van der Waals surface area (Å²) in [5.74, 6) is 0. The Morgan fingerprint density at radius 2 is 2.29 bits per heavy atom. The van der Waals surface area contributed by atoms with Crippen molar-refractivity contribution in [3.8, 4) is 0 Å². The Labute approximate surface area is 55.4 Å². The maximum Gasteiger partial charge on any atom is 1.00 e. The van der Waals surface area contributed by atoms with E-state index >= 15 is 0 Å². The topological polar surface area (TPSA) is 17.1 Å². The van der Waals surface area contributed by atoms with Gasteiger partial charge in [0.15, 0.2) is 0 Å². The summed E-state index contributed by atoms with van der Waals surface area (Å²) in [6, 6.07) is 0. The smallest absolute Gasteiger partial charge is 0.272 e. The molecule has 0 spiro atoms. The van der Waals surface area contributed by atoms with Crippen LogP contribution in [0.1, 0.15) is 0 Å². The van der Waals surface area contributed by atoms with E-state index < -0.39 is 10.8 Å². The molecule has 0 aromatic carbocycles. The van der Waals surface area contributed by atoms with Gasteiger partial charge in [0.2, 0.25) is 0 Å². The molecule has 0 aromatic heterocycles. The van der Waals surface area contributed by atoms with Crippen molar-refractivity contribution in [1.82, 2.24) is 0 Å². The average molecular weight is 163 g/mol. The molecular weight excluding hydrogens is 160 g/mol. The van der Waals surface area contributed by atoms with E-state index in [-0.39, 0.29) is 17.1 Å². The first-order chi connectivity index (χ1) is 2.89. The van der Waals surface area contributed by atoms with Crippen LogP contribution in [0.25, 0.3) is 0 Å². The molecule has 0 N–H and O–H groups in total. The number of allylic oxidation sites excluding steroid dienone is 2. The average Bonchev–Trinajstić information content (AvgIpc) is 1.86. The van der Waals surface area contributed by atoms with E-state index in [1.807, 2.05) is 0 Å². The van der Waals surface area contributed by atoms with Crippen LogP contribution in [0.2, 0.25) is 0 Å². The van der Waals surface area contributed by atoms with E-state index in [0.717, 1.165) is 0 Å². The second kappa shape index (κ2) is 3.19. The molecule has 1 unspecified atom stereocenters. The van der Waals surface area contributed by atoms with E-state index in [1.165, 1.54) is 0 Å². The van der Waals surface area contributed by atoms with E-state index in [0.29, 0.717) is 0 Å². The Hall–Kier alpha value is 0.149. The summed E-state index contributed by atoms with van der Waals surface area (Å²) in [4.78, 5) is 0. The molecule has 7 heavy (non-hydrogen) atoms. The van der Waals surface area contributed by atoms with Crippen LogP contribution >= 0.6 is 0 Å². The van der Waals surface area contributed by atoms with Crippen LogP contribution in [0.3, 0.4) is 0 Å². The van der Waals surface area contributed by atoms with Crippen molar-refractivity contribution in [3.63, 3.8) is 0 Å². The molecule has 0 bridgehead atoms. The Balaban J connectivity index is 0.000000360. The van der Waals surface area contributed by atoms with Crippen molar-refractivity contribution >= 4 is 10.8 Å². The summed E-state index contributed by atoms with van der Waals surface area (Å²) in [7, 11) is -0.909. The summed E-state index contributed by atoms with van der Waals surface area (Å²) >= 11 is 0. The zero-order valence-electron chi connectivity index (χ0n) is 3.35. The normalized spacial score (nSPS) is 24.9. The van der Waals surface area contributed by atoms with Crippen molar-refractivity contribution in [2.24, 2.45) is 0 Å². The fourth-order valence-corrected chi connectivity index (χ4v) is 0.769. The summed E-state index contributed by atoms with van der Waals surface area (Å²) in [5, 5.41) is 4.14. The van der Waals surface area contributed by atoms with Crippen molar-refractivity contribution in [3.05, 3.63) is 23.0 Å². The first-order valence-corrected chi connectivity index (χ1v) is 2.77. The van der Waals surface area contributed by atoms with E-state index in [4.69, 9.17) is 0 Å². The SMILES string of the molecule is O=S1[C-]=CC=C1.[Cu+]. The first-order valence-electron chi connectivity index (χ1n) is 1.56. The van der Waals surface area contributed by atoms with Gasteiger partial charge in [-0.1, -0.05) is 5.41 Å². The second-order valence-electron chi connectivity index (χ2n) is 0.910. The van der Waals surface area contributed by atoms with Gasteiger partial charge in [-0.15, -0.1) is 0 Å². The van der Waals surface area contributed by atoms with Gasteiger partial charge in [-0.2, -0.15) is 5.41 Å². The summed E-state index contributed by atoms with van der Waals surface area (Å²) in [6.07, 6.45) is 3.37. The van der Waals surface area contributed by atoms with Crippen LogP contribution in [0.4, 0.5) is 0 Å². The summed E-state index contributed by atoms with van der Waals surface area (Å²) in [6.45, 7) is 0. The van der Waals surface area contributed by atoms with Crippen LogP contribution in [0, 0.1) is 5.41 Å². The van der Waals surface area contributed by atoms with Crippen LogP contribution in [0.15, 0.2) is 17.6 Å². The molecule has 1 nitrogen and oxygen atoms in total. The standard InChI is InChI=1S/C4H3OS.Cu/c5-6-3-1-2-4-6;/h1-3H;/q-1;+1. The van der Waals surface area contributed by atoms with Gasteiger partial charge >= 0.3 is 17.1 Å². The fourth-order valence-electron chi connectivity index (χ4n) is 0.256. The van der Waals surface area contributed by atoms with Gasteiger partial charge in [-0.3, -0.25) is 4.21 Å². The third-order valence-electron chi connectivity index (χ3n) is 0.483. The van der Waals surface area contributed by atoms with Crippen LogP contribution in [-0.4, -0.2) is 4.21 Å². The van der Waals surface area contributed by atoms with Gasteiger partial charge in [0.05, 0.1) is 0 Å². The predicted octanol–water partition coefficient (Wildman–Crippen LogP) is 0.577. The number of rotatable bonds is 0. The van der Waals surface area contributed by atoms with Crippen LogP contribution in [-0.2, 0) is 27.9 Å². The molecule has 1 heterocycles. The molecule has 0 amide bonds. The van der Waals surface area contributed by atoms with Crippen LogP contribution < -0.4 is 0 Å². The molecule has 0 aromatic rings. The van der Waals surface area contributed by atoms with E-state index in [2.05, 4.69) is 5.41 Å². The molecule has 1 aliphatic heterocycles. The van der Waals surface area contributed by atoms with Gasteiger partial charge in [0.25, 0.3) is 0 Å². The molecule has 1 atom stereocenters. The van der Waals surface area contributed by atoms with Gasteiger partial charge in [0, 0.05) is 0 Å².